The van der Waals surface area contributed by atoms with Crippen molar-refractivity contribution >= 4 is 35.7 Å². The Bertz CT molecular complexity index is 1450. The molecule has 42 heavy (non-hydrogen) atoms. The molecule has 5 rings (SSSR count). The number of H-pyrrole nitrogens is 1. The Morgan fingerprint density at radius 2 is 1.45 bits per heavy atom. The number of carbonyl (C=O) groups excluding carboxylic acids is 1. The van der Waals surface area contributed by atoms with E-state index in [9.17, 15) is 4.79 Å². The Labute approximate surface area is 251 Å². The van der Waals surface area contributed by atoms with Crippen molar-refractivity contribution in [2.75, 3.05) is 6.61 Å². The lowest BCUT2D eigenvalue weighted by molar-refractivity contribution is -0.0673. The number of hydrogen-bond donors (Lipinski definition) is 1. The van der Waals surface area contributed by atoms with E-state index in [2.05, 4.69) is 92.5 Å². The van der Waals surface area contributed by atoms with Gasteiger partial charge in [-0.15, -0.1) is 0 Å². The molecule has 7 heteroatoms. The SMILES string of the molecule is CC(C)(C)OC(=O)N1[C@H]([C@H](O[Si](c2ccccc2)(c2ccccc2)C(C)(C)C)c2cc3ccccc3[nH]2)COC1(C)C. The minimum Gasteiger partial charge on any atom is -0.444 e. The lowest BCUT2D eigenvalue weighted by atomic mass is 10.1. The molecule has 0 spiro atoms. The van der Waals surface area contributed by atoms with Gasteiger partial charge >= 0.3 is 6.09 Å². The van der Waals surface area contributed by atoms with Crippen molar-refractivity contribution in [2.45, 2.75) is 83.9 Å². The second kappa shape index (κ2) is 11.0. The highest BCUT2D eigenvalue weighted by Crippen LogP contribution is 2.44. The minimum absolute atomic E-state index is 0.258. The number of fused-ring (bicyclic) bond motifs is 1. The third-order valence-corrected chi connectivity index (χ3v) is 13.0. The van der Waals surface area contributed by atoms with Crippen LogP contribution >= 0.6 is 0 Å². The molecule has 0 radical (unpaired) electrons. The number of nitrogens with zero attached hydrogens (tertiary/aromatic N) is 1. The van der Waals surface area contributed by atoms with E-state index >= 15 is 0 Å². The molecule has 0 unspecified atom stereocenters. The Hall–Kier alpha value is -3.39. The van der Waals surface area contributed by atoms with Crippen LogP contribution in [0.2, 0.25) is 5.04 Å². The van der Waals surface area contributed by atoms with E-state index in [1.54, 1.807) is 4.90 Å². The summed E-state index contributed by atoms with van der Waals surface area (Å²) in [5, 5.41) is 3.18. The number of ether oxygens (including phenoxy) is 2. The summed E-state index contributed by atoms with van der Waals surface area (Å²) in [5.41, 5.74) is 0.386. The van der Waals surface area contributed by atoms with Crippen LogP contribution in [0.3, 0.4) is 0 Å². The molecule has 4 aromatic rings. The van der Waals surface area contributed by atoms with E-state index in [4.69, 9.17) is 13.9 Å². The largest absolute Gasteiger partial charge is 0.444 e. The van der Waals surface area contributed by atoms with Gasteiger partial charge in [-0.3, -0.25) is 4.90 Å². The summed E-state index contributed by atoms with van der Waals surface area (Å²) >= 11 is 0. The first-order valence-corrected chi connectivity index (χ1v) is 16.7. The Morgan fingerprint density at radius 1 is 0.905 bits per heavy atom. The predicted octanol–water partition coefficient (Wildman–Crippen LogP) is 7.16. The molecule has 0 bridgehead atoms. The van der Waals surface area contributed by atoms with Crippen LogP contribution in [0, 0.1) is 0 Å². The number of amides is 1. The average Bonchev–Trinajstić information content (AvgIpc) is 3.49. The summed E-state index contributed by atoms with van der Waals surface area (Å²) in [6.45, 7) is 16.6. The lowest BCUT2D eigenvalue weighted by Gasteiger charge is -2.47. The van der Waals surface area contributed by atoms with Crippen molar-refractivity contribution < 1.29 is 18.7 Å². The standard InChI is InChI=1S/C35H44N2O4Si/c1-33(2,3)40-32(38)37-30(24-39-35(37,7)8)31(29-23-25-17-15-16-22-28(25)36-29)41-42(34(4,5)6,26-18-11-9-12-19-26)27-20-13-10-14-21-27/h9-23,30-31,36H,24H2,1-8H3/t30-,31+/m0/s1. The van der Waals surface area contributed by atoms with Crippen molar-refractivity contribution in [3.05, 3.63) is 96.7 Å². The number of nitrogens with one attached hydrogen (secondary N) is 1. The van der Waals surface area contributed by atoms with Gasteiger partial charge < -0.3 is 18.9 Å². The molecule has 1 aliphatic rings. The van der Waals surface area contributed by atoms with Crippen LogP contribution in [0.5, 0.6) is 0 Å². The van der Waals surface area contributed by atoms with E-state index in [-0.39, 0.29) is 5.04 Å². The van der Waals surface area contributed by atoms with E-state index in [1.807, 2.05) is 58.9 Å². The zero-order chi connectivity index (χ0) is 30.3. The van der Waals surface area contributed by atoms with Gasteiger partial charge in [-0.25, -0.2) is 4.79 Å². The fourth-order valence-electron chi connectivity index (χ4n) is 6.20. The number of para-hydroxylation sites is 1. The lowest BCUT2D eigenvalue weighted by Crippen LogP contribution is -2.68. The molecule has 1 saturated heterocycles. The van der Waals surface area contributed by atoms with Gasteiger partial charge in [-0.1, -0.05) is 99.6 Å². The molecule has 6 nitrogen and oxygen atoms in total. The first-order chi connectivity index (χ1) is 19.7. The highest BCUT2D eigenvalue weighted by atomic mass is 28.4. The molecular formula is C35H44N2O4Si. The Kier molecular flexibility index (Phi) is 7.90. The fourth-order valence-corrected chi connectivity index (χ4v) is 10.9. The average molecular weight is 585 g/mol. The molecular weight excluding hydrogens is 540 g/mol. The smallest absolute Gasteiger partial charge is 0.413 e. The molecule has 222 valence electrons. The van der Waals surface area contributed by atoms with Crippen molar-refractivity contribution in [2.24, 2.45) is 0 Å². The summed E-state index contributed by atoms with van der Waals surface area (Å²) < 4.78 is 20.0. The van der Waals surface area contributed by atoms with E-state index < -0.39 is 37.9 Å². The van der Waals surface area contributed by atoms with Crippen LogP contribution < -0.4 is 10.4 Å². The van der Waals surface area contributed by atoms with Gasteiger partial charge in [0.1, 0.15) is 17.4 Å². The summed E-state index contributed by atoms with van der Waals surface area (Å²) in [5.74, 6) is 0. The Morgan fingerprint density at radius 3 is 1.98 bits per heavy atom. The van der Waals surface area contributed by atoms with Crippen molar-refractivity contribution in [3.8, 4) is 0 Å². The topological polar surface area (TPSA) is 63.8 Å². The molecule has 0 saturated carbocycles. The molecule has 1 aliphatic heterocycles. The van der Waals surface area contributed by atoms with Crippen LogP contribution in [0.25, 0.3) is 10.9 Å². The van der Waals surface area contributed by atoms with E-state index in [0.717, 1.165) is 16.6 Å². The third kappa shape index (κ3) is 5.65. The maximum Gasteiger partial charge on any atom is 0.413 e. The van der Waals surface area contributed by atoms with Gasteiger partial charge in [0.2, 0.25) is 0 Å². The number of benzene rings is 3. The summed E-state index contributed by atoms with van der Waals surface area (Å²) in [7, 11) is -3.02. The Balaban J connectivity index is 1.74. The molecule has 0 aliphatic carbocycles. The summed E-state index contributed by atoms with van der Waals surface area (Å²) in [6, 6.07) is 31.1. The zero-order valence-corrected chi connectivity index (χ0v) is 27.1. The van der Waals surface area contributed by atoms with Gasteiger partial charge in [0.15, 0.2) is 0 Å². The van der Waals surface area contributed by atoms with Crippen LogP contribution in [-0.2, 0) is 13.9 Å². The van der Waals surface area contributed by atoms with Crippen LogP contribution in [-0.4, -0.2) is 48.3 Å². The molecule has 1 aromatic heterocycles. The summed E-state index contributed by atoms with van der Waals surface area (Å²) in [4.78, 5) is 19.3. The maximum absolute atomic E-state index is 13.9. The van der Waals surface area contributed by atoms with Crippen molar-refractivity contribution in [1.29, 1.82) is 0 Å². The zero-order valence-electron chi connectivity index (χ0n) is 26.1. The van der Waals surface area contributed by atoms with Gasteiger partial charge in [0.25, 0.3) is 8.32 Å². The van der Waals surface area contributed by atoms with Gasteiger partial charge in [0, 0.05) is 11.2 Å². The predicted molar refractivity (Wildman–Crippen MR) is 172 cm³/mol. The van der Waals surface area contributed by atoms with Crippen molar-refractivity contribution in [1.82, 2.24) is 9.88 Å². The number of rotatable bonds is 6. The third-order valence-electron chi connectivity index (χ3n) is 8.04. The van der Waals surface area contributed by atoms with Crippen LogP contribution in [0.1, 0.15) is 67.2 Å². The molecule has 2 heterocycles. The number of hydrogen-bond acceptors (Lipinski definition) is 4. The second-order valence-electron chi connectivity index (χ2n) is 13.7. The summed E-state index contributed by atoms with van der Waals surface area (Å²) in [6.07, 6.45) is -0.944. The second-order valence-corrected chi connectivity index (χ2v) is 17.9. The molecule has 1 amide bonds. The van der Waals surface area contributed by atoms with Crippen LogP contribution in [0.4, 0.5) is 4.79 Å². The van der Waals surface area contributed by atoms with Gasteiger partial charge in [-0.05, 0) is 67.5 Å². The first kappa shape index (κ1) is 30.1. The number of aromatic nitrogens is 1. The molecule has 1 N–H and O–H groups in total. The molecule has 2 atom stereocenters. The normalized spacial score (nSPS) is 18.3. The fraction of sp³-hybridized carbons (Fsp3) is 0.400. The highest BCUT2D eigenvalue weighted by molar-refractivity contribution is 6.99. The van der Waals surface area contributed by atoms with Crippen LogP contribution in [0.15, 0.2) is 91.0 Å². The highest BCUT2D eigenvalue weighted by Gasteiger charge is 2.56. The minimum atomic E-state index is -3.02. The van der Waals surface area contributed by atoms with Gasteiger partial charge in [0.05, 0.1) is 12.6 Å². The molecule has 1 fully saturated rings. The quantitative estimate of drug-likeness (QED) is 0.244. The number of aromatic amines is 1. The number of carbonyl (C=O) groups is 1. The van der Waals surface area contributed by atoms with E-state index in [0.29, 0.717) is 6.61 Å². The van der Waals surface area contributed by atoms with Crippen molar-refractivity contribution in [3.63, 3.8) is 0 Å². The van der Waals surface area contributed by atoms with E-state index in [1.165, 1.54) is 10.4 Å². The maximum atomic E-state index is 13.9. The molecule has 3 aromatic carbocycles. The first-order valence-electron chi connectivity index (χ1n) is 14.8. The monoisotopic (exact) mass is 584 g/mol. The van der Waals surface area contributed by atoms with Gasteiger partial charge in [-0.2, -0.15) is 0 Å².